The zero-order chi connectivity index (χ0) is 24.7. The molecular formula is C26H24FN5O2S. The van der Waals surface area contributed by atoms with Crippen LogP contribution in [-0.2, 0) is 12.0 Å². The lowest BCUT2D eigenvalue weighted by Crippen LogP contribution is -2.29. The van der Waals surface area contributed by atoms with Crippen LogP contribution in [0, 0.1) is 17.1 Å². The molecule has 2 aromatic carbocycles. The number of carbonyl (C=O) groups excluding carboxylic acids is 1. The van der Waals surface area contributed by atoms with E-state index in [0.717, 1.165) is 38.7 Å². The van der Waals surface area contributed by atoms with Crippen LogP contribution in [0.5, 0.6) is 0 Å². The second-order valence-electron chi connectivity index (χ2n) is 9.38. The summed E-state index contributed by atoms with van der Waals surface area (Å²) >= 11 is 1.09. The fraction of sp³-hybridized carbons (Fsp3) is 0.308. The minimum atomic E-state index is -0.829. The van der Waals surface area contributed by atoms with Gasteiger partial charge in [-0.25, -0.2) is 4.39 Å². The Morgan fingerprint density at radius 1 is 1.31 bits per heavy atom. The number of thioether (sulfide) groups is 1. The van der Waals surface area contributed by atoms with Gasteiger partial charge < -0.3 is 10.0 Å². The Hall–Kier alpha value is -3.48. The van der Waals surface area contributed by atoms with Gasteiger partial charge in [0.25, 0.3) is 0 Å². The zero-order valence-corrected chi connectivity index (χ0v) is 20.2. The predicted molar refractivity (Wildman–Crippen MR) is 134 cm³/mol. The number of amides is 1. The van der Waals surface area contributed by atoms with E-state index in [-0.39, 0.29) is 11.1 Å². The molecule has 2 aliphatic heterocycles. The number of hydrogen-bond donors (Lipinski definition) is 1. The fourth-order valence-electron chi connectivity index (χ4n) is 4.48. The van der Waals surface area contributed by atoms with E-state index in [4.69, 9.17) is 0 Å². The number of likely N-dealkylation sites (tertiary alicyclic amines) is 1. The highest BCUT2D eigenvalue weighted by molar-refractivity contribution is 8.18. The molecule has 1 atom stereocenters. The van der Waals surface area contributed by atoms with Gasteiger partial charge in [0.15, 0.2) is 0 Å². The van der Waals surface area contributed by atoms with E-state index < -0.39 is 11.5 Å². The first-order chi connectivity index (χ1) is 16.7. The molecule has 1 fully saturated rings. The number of β-amino-alcohol motifs (C(OH)–C–C–N with tert-alkyl or cyclic N) is 1. The number of aliphatic imine (C=N–C) groups is 1. The van der Waals surface area contributed by atoms with Crippen molar-refractivity contribution < 1.29 is 14.3 Å². The number of nitriles is 1. The number of hydrogen-bond acceptors (Lipinski definition) is 6. The first kappa shape index (κ1) is 23.3. The summed E-state index contributed by atoms with van der Waals surface area (Å²) in [6.45, 7) is 5.10. The lowest BCUT2D eigenvalue weighted by atomic mass is 9.83. The second kappa shape index (κ2) is 8.95. The van der Waals surface area contributed by atoms with Crippen molar-refractivity contribution in [2.24, 2.45) is 4.99 Å². The van der Waals surface area contributed by atoms with Crippen LogP contribution in [0.3, 0.4) is 0 Å². The summed E-state index contributed by atoms with van der Waals surface area (Å²) in [6, 6.07) is 12.6. The molecule has 9 heteroatoms. The molecule has 3 aromatic rings. The average molecular weight is 490 g/mol. The number of carbonyl (C=O) groups is 1. The van der Waals surface area contributed by atoms with Crippen LogP contribution in [0.2, 0.25) is 0 Å². The lowest BCUT2D eigenvalue weighted by molar-refractivity contribution is 0.188. The van der Waals surface area contributed by atoms with E-state index in [0.29, 0.717) is 37.5 Å². The molecule has 1 aromatic heterocycles. The summed E-state index contributed by atoms with van der Waals surface area (Å²) in [7, 11) is 0. The van der Waals surface area contributed by atoms with Gasteiger partial charge in [0.2, 0.25) is 0 Å². The molecule has 35 heavy (non-hydrogen) atoms. The van der Waals surface area contributed by atoms with Crippen molar-refractivity contribution >= 4 is 39.8 Å². The third kappa shape index (κ3) is 4.72. The van der Waals surface area contributed by atoms with Crippen molar-refractivity contribution in [2.45, 2.75) is 38.3 Å². The van der Waals surface area contributed by atoms with Gasteiger partial charge in [-0.1, -0.05) is 12.1 Å². The molecule has 1 saturated heterocycles. The average Bonchev–Trinajstić information content (AvgIpc) is 3.52. The highest BCUT2D eigenvalue weighted by Gasteiger charge is 2.31. The Bertz CT molecular complexity index is 1440. The van der Waals surface area contributed by atoms with Gasteiger partial charge in [-0.05, 0) is 79.1 Å². The van der Waals surface area contributed by atoms with Crippen LogP contribution < -0.4 is 0 Å². The molecule has 0 spiro atoms. The monoisotopic (exact) mass is 489 g/mol. The minimum Gasteiger partial charge on any atom is -0.391 e. The standard InChI is InChI=1S/C26H24FN5O2S/c1-26(2,15-28)21-11-19(27)5-4-17(21)12-32-13-18-9-16(3-6-22(18)30-32)10-23-24(29-25(34)35-23)31-8-7-20(33)14-31/h3-6,9-11,13,20,33H,7-8,12,14H2,1-2H3/b23-10-. The number of amidine groups is 1. The van der Waals surface area contributed by atoms with Crippen LogP contribution in [-0.4, -0.2) is 50.1 Å². The van der Waals surface area contributed by atoms with Crippen molar-refractivity contribution in [3.63, 3.8) is 0 Å². The van der Waals surface area contributed by atoms with Crippen molar-refractivity contribution in [1.29, 1.82) is 5.26 Å². The van der Waals surface area contributed by atoms with E-state index in [1.807, 2.05) is 35.4 Å². The normalized spacial score (nSPS) is 19.6. The highest BCUT2D eigenvalue weighted by Crippen LogP contribution is 2.33. The van der Waals surface area contributed by atoms with Crippen molar-refractivity contribution in [2.75, 3.05) is 13.1 Å². The quantitative estimate of drug-likeness (QED) is 0.571. The van der Waals surface area contributed by atoms with E-state index in [2.05, 4.69) is 16.2 Å². The third-order valence-electron chi connectivity index (χ3n) is 6.31. The predicted octanol–water partition coefficient (Wildman–Crippen LogP) is 4.70. The molecule has 0 saturated carbocycles. The molecule has 0 bridgehead atoms. The molecule has 1 amide bonds. The Balaban J connectivity index is 1.43. The first-order valence-corrected chi connectivity index (χ1v) is 12.2. The van der Waals surface area contributed by atoms with Gasteiger partial charge in [0.05, 0.1) is 34.6 Å². The van der Waals surface area contributed by atoms with Crippen LogP contribution in [0.15, 0.2) is 52.5 Å². The second-order valence-corrected chi connectivity index (χ2v) is 10.4. The molecule has 5 rings (SSSR count). The Morgan fingerprint density at radius 2 is 2.14 bits per heavy atom. The van der Waals surface area contributed by atoms with Gasteiger partial charge in [-0.15, -0.1) is 0 Å². The number of nitrogens with zero attached hydrogens (tertiary/aromatic N) is 5. The minimum absolute atomic E-state index is 0.253. The lowest BCUT2D eigenvalue weighted by Gasteiger charge is -2.20. The summed E-state index contributed by atoms with van der Waals surface area (Å²) in [6.07, 6.45) is 4.12. The molecule has 178 valence electrons. The molecule has 1 unspecified atom stereocenters. The Kier molecular flexibility index (Phi) is 5.95. The maximum Gasteiger partial charge on any atom is 0.311 e. The Morgan fingerprint density at radius 3 is 2.89 bits per heavy atom. The largest absolute Gasteiger partial charge is 0.391 e. The number of fused-ring (bicyclic) bond motifs is 1. The molecule has 0 radical (unpaired) electrons. The zero-order valence-electron chi connectivity index (χ0n) is 19.4. The van der Waals surface area contributed by atoms with Crippen LogP contribution in [0.4, 0.5) is 9.18 Å². The SMILES string of the molecule is CC(C)(C#N)c1cc(F)ccc1Cn1cc2cc(/C=C3\SC(=O)N=C3N3CCC(O)C3)ccc2n1. The summed E-state index contributed by atoms with van der Waals surface area (Å²) in [5.74, 6) is 0.251. The molecule has 3 heterocycles. The summed E-state index contributed by atoms with van der Waals surface area (Å²) < 4.78 is 15.7. The van der Waals surface area contributed by atoms with Gasteiger partial charge >= 0.3 is 5.24 Å². The molecular weight excluding hydrogens is 465 g/mol. The Labute approximate surface area is 206 Å². The smallest absolute Gasteiger partial charge is 0.311 e. The number of aliphatic hydroxyl groups excluding tert-OH is 1. The van der Waals surface area contributed by atoms with E-state index in [1.54, 1.807) is 24.6 Å². The number of halogens is 1. The van der Waals surface area contributed by atoms with Crippen LogP contribution >= 0.6 is 11.8 Å². The topological polar surface area (TPSA) is 94.5 Å². The highest BCUT2D eigenvalue weighted by atomic mass is 32.2. The van der Waals surface area contributed by atoms with Gasteiger partial charge in [-0.2, -0.15) is 15.4 Å². The first-order valence-electron chi connectivity index (χ1n) is 11.3. The summed E-state index contributed by atoms with van der Waals surface area (Å²) in [5.41, 5.74) is 2.37. The third-order valence-corrected chi connectivity index (χ3v) is 7.09. The number of rotatable bonds is 4. The van der Waals surface area contributed by atoms with Gasteiger partial charge in [0, 0.05) is 24.7 Å². The molecule has 2 aliphatic rings. The van der Waals surface area contributed by atoms with Crippen LogP contribution in [0.25, 0.3) is 17.0 Å². The molecule has 1 N–H and O–H groups in total. The number of aromatic nitrogens is 2. The summed E-state index contributed by atoms with van der Waals surface area (Å²) in [4.78, 5) is 18.9. The van der Waals surface area contributed by atoms with E-state index in [9.17, 15) is 19.6 Å². The van der Waals surface area contributed by atoms with Crippen molar-refractivity contribution in [3.8, 4) is 6.07 Å². The van der Waals surface area contributed by atoms with Crippen molar-refractivity contribution in [3.05, 3.63) is 70.0 Å². The molecule has 7 nitrogen and oxygen atoms in total. The van der Waals surface area contributed by atoms with Gasteiger partial charge in [-0.3, -0.25) is 9.48 Å². The van der Waals surface area contributed by atoms with Crippen molar-refractivity contribution in [1.82, 2.24) is 14.7 Å². The van der Waals surface area contributed by atoms with E-state index in [1.165, 1.54) is 12.1 Å². The maximum atomic E-state index is 13.9. The van der Waals surface area contributed by atoms with Gasteiger partial charge in [0.1, 0.15) is 11.7 Å². The number of benzene rings is 2. The fourth-order valence-corrected chi connectivity index (χ4v) is 5.26. The van der Waals surface area contributed by atoms with E-state index >= 15 is 0 Å². The van der Waals surface area contributed by atoms with Crippen LogP contribution in [0.1, 0.15) is 37.0 Å². The summed E-state index contributed by atoms with van der Waals surface area (Å²) in [5, 5.41) is 24.7. The molecule has 0 aliphatic carbocycles. The maximum absolute atomic E-state index is 13.9. The number of aliphatic hydroxyl groups is 1.